The number of hydrogen-bond donors (Lipinski definition) is 1. The van der Waals surface area contributed by atoms with E-state index >= 15 is 0 Å². The van der Waals surface area contributed by atoms with Gasteiger partial charge in [0.05, 0.1) is 26.7 Å². The highest BCUT2D eigenvalue weighted by molar-refractivity contribution is 7.90. The Hall–Kier alpha value is -3.32. The van der Waals surface area contributed by atoms with Crippen LogP contribution < -0.4 is 4.74 Å². The van der Waals surface area contributed by atoms with Crippen LogP contribution in [0.15, 0.2) is 65.6 Å². The maximum atomic E-state index is 13.6. The van der Waals surface area contributed by atoms with Gasteiger partial charge in [0.2, 0.25) is 0 Å². The van der Waals surface area contributed by atoms with E-state index in [0.29, 0.717) is 16.3 Å². The van der Waals surface area contributed by atoms with Crippen molar-refractivity contribution in [3.63, 3.8) is 0 Å². The molecule has 0 bridgehead atoms. The first-order chi connectivity index (χ1) is 14.5. The molecule has 1 aromatic heterocycles. The Balaban J connectivity index is 2.03. The summed E-state index contributed by atoms with van der Waals surface area (Å²) in [5.41, 5.74) is 0.840. The number of phenols is 1. The summed E-state index contributed by atoms with van der Waals surface area (Å²) in [5, 5.41) is 11.7. The first-order valence-corrected chi connectivity index (χ1v) is 11.2. The Labute approximate surface area is 180 Å². The summed E-state index contributed by atoms with van der Waals surface area (Å²) < 4.78 is 33.9. The smallest absolute Gasteiger partial charge is 0.316 e. The number of aromatic hydroxyl groups is 1. The molecule has 0 unspecified atom stereocenters. The summed E-state index contributed by atoms with van der Waals surface area (Å²) in [7, 11) is -3.99. The molecule has 1 heterocycles. The molecule has 0 aliphatic rings. The summed E-state index contributed by atoms with van der Waals surface area (Å²) in [5.74, 6) is -0.577. The third-order valence-electron chi connectivity index (χ3n) is 5.06. The number of phenolic OH excluding ortho intramolecular Hbond substituents is 1. The molecule has 160 valence electrons. The number of rotatable bonds is 3. The zero-order chi connectivity index (χ0) is 22.6. The number of nitrogens with zero attached hydrogens (tertiary/aromatic N) is 1. The summed E-state index contributed by atoms with van der Waals surface area (Å²) in [4.78, 5) is 12.5. The number of para-hydroxylation sites is 1. The molecule has 4 rings (SSSR count). The fraction of sp³-hybridized carbons (Fsp3) is 0.208. The molecule has 0 spiro atoms. The Kier molecular flexibility index (Phi) is 4.81. The summed E-state index contributed by atoms with van der Waals surface area (Å²) in [6, 6.07) is 16.3. The molecule has 1 N–H and O–H groups in total. The largest absolute Gasteiger partial charge is 0.507 e. The second kappa shape index (κ2) is 7.13. The molecule has 0 saturated heterocycles. The van der Waals surface area contributed by atoms with E-state index in [9.17, 15) is 18.3 Å². The number of aromatic nitrogens is 1. The normalized spacial score (nSPS) is 12.4. The van der Waals surface area contributed by atoms with Gasteiger partial charge in [0.1, 0.15) is 11.5 Å². The quantitative estimate of drug-likeness (QED) is 0.360. The number of esters is 1. The van der Waals surface area contributed by atoms with Gasteiger partial charge in [-0.05, 0) is 45.9 Å². The number of carbonyl (C=O) groups excluding carboxylic acids is 1. The van der Waals surface area contributed by atoms with E-state index in [1.54, 1.807) is 69.3 Å². The van der Waals surface area contributed by atoms with Crippen molar-refractivity contribution in [1.29, 1.82) is 0 Å². The third-order valence-corrected chi connectivity index (χ3v) is 6.81. The van der Waals surface area contributed by atoms with E-state index in [1.807, 2.05) is 6.92 Å². The van der Waals surface area contributed by atoms with Crippen molar-refractivity contribution >= 4 is 37.8 Å². The molecule has 7 heteroatoms. The van der Waals surface area contributed by atoms with Crippen molar-refractivity contribution in [2.45, 2.75) is 32.6 Å². The van der Waals surface area contributed by atoms with Gasteiger partial charge in [-0.2, -0.15) is 0 Å². The molecular formula is C24H23NO5S. The van der Waals surface area contributed by atoms with Gasteiger partial charge >= 0.3 is 5.97 Å². The number of hydrogen-bond acceptors (Lipinski definition) is 5. The Morgan fingerprint density at radius 2 is 1.61 bits per heavy atom. The number of fused-ring (bicyclic) bond motifs is 3. The number of ether oxygens (including phenoxy) is 1. The van der Waals surface area contributed by atoms with Gasteiger partial charge < -0.3 is 9.84 Å². The van der Waals surface area contributed by atoms with Crippen molar-refractivity contribution in [2.75, 3.05) is 0 Å². The van der Waals surface area contributed by atoms with Crippen LogP contribution in [0.2, 0.25) is 0 Å². The zero-order valence-electron chi connectivity index (χ0n) is 17.7. The lowest BCUT2D eigenvalue weighted by Crippen LogP contribution is -2.25. The van der Waals surface area contributed by atoms with E-state index < -0.39 is 21.4 Å². The summed E-state index contributed by atoms with van der Waals surface area (Å²) >= 11 is 0. The average Bonchev–Trinajstić information content (AvgIpc) is 3.02. The van der Waals surface area contributed by atoms with Crippen LogP contribution in [0.5, 0.6) is 11.5 Å². The van der Waals surface area contributed by atoms with Gasteiger partial charge in [0.15, 0.2) is 0 Å². The topological polar surface area (TPSA) is 85.6 Å². The molecular weight excluding hydrogens is 414 g/mol. The lowest BCUT2D eigenvalue weighted by Gasteiger charge is -2.17. The molecule has 3 aromatic carbocycles. The molecule has 6 nitrogen and oxygen atoms in total. The predicted octanol–water partition coefficient (Wildman–Crippen LogP) is 5.00. The van der Waals surface area contributed by atoms with Crippen molar-refractivity contribution in [3.05, 3.63) is 66.2 Å². The van der Waals surface area contributed by atoms with Crippen molar-refractivity contribution < 1.29 is 23.1 Å². The van der Waals surface area contributed by atoms with Crippen LogP contribution in [0.1, 0.15) is 26.3 Å². The summed E-state index contributed by atoms with van der Waals surface area (Å²) in [6.45, 7) is 7.02. The fourth-order valence-electron chi connectivity index (χ4n) is 3.41. The van der Waals surface area contributed by atoms with E-state index in [1.165, 1.54) is 16.1 Å². The summed E-state index contributed by atoms with van der Waals surface area (Å²) in [6.07, 6.45) is 0. The van der Waals surface area contributed by atoms with Gasteiger partial charge in [0.25, 0.3) is 10.0 Å². The predicted molar refractivity (Wildman–Crippen MR) is 120 cm³/mol. The van der Waals surface area contributed by atoms with Crippen LogP contribution in [0.4, 0.5) is 0 Å². The third kappa shape index (κ3) is 3.55. The van der Waals surface area contributed by atoms with Crippen LogP contribution in [-0.4, -0.2) is 23.5 Å². The van der Waals surface area contributed by atoms with E-state index in [-0.39, 0.29) is 21.9 Å². The minimum atomic E-state index is -3.99. The SMILES string of the molecule is Cc1ccc(S(=O)(=O)n2c3ccccc3c3c(O)cc(OC(=O)C(C)(C)C)cc32)cc1. The van der Waals surface area contributed by atoms with Crippen molar-refractivity contribution in [3.8, 4) is 11.5 Å². The van der Waals surface area contributed by atoms with Gasteiger partial charge in [-0.3, -0.25) is 4.79 Å². The monoisotopic (exact) mass is 437 g/mol. The lowest BCUT2D eigenvalue weighted by atomic mass is 9.97. The van der Waals surface area contributed by atoms with Crippen molar-refractivity contribution in [1.82, 2.24) is 3.97 Å². The second-order valence-electron chi connectivity index (χ2n) is 8.58. The highest BCUT2D eigenvalue weighted by Gasteiger charge is 2.27. The van der Waals surface area contributed by atoms with Crippen LogP contribution in [0.25, 0.3) is 21.8 Å². The number of benzene rings is 3. The van der Waals surface area contributed by atoms with E-state index in [2.05, 4.69) is 0 Å². The van der Waals surface area contributed by atoms with Crippen LogP contribution in [0, 0.1) is 12.3 Å². The highest BCUT2D eigenvalue weighted by atomic mass is 32.2. The first kappa shape index (κ1) is 20.9. The van der Waals surface area contributed by atoms with Crippen molar-refractivity contribution in [2.24, 2.45) is 5.41 Å². The van der Waals surface area contributed by atoms with E-state index in [0.717, 1.165) is 5.56 Å². The Bertz CT molecular complexity index is 1430. The number of aryl methyl sites for hydroxylation is 1. The van der Waals surface area contributed by atoms with Crippen LogP contribution >= 0.6 is 0 Å². The maximum absolute atomic E-state index is 13.6. The Morgan fingerprint density at radius 3 is 2.26 bits per heavy atom. The zero-order valence-corrected chi connectivity index (χ0v) is 18.5. The minimum Gasteiger partial charge on any atom is -0.507 e. The number of carbonyl (C=O) groups is 1. The molecule has 0 aliphatic heterocycles. The molecule has 0 atom stereocenters. The standard InChI is InChI=1S/C24H23NO5S/c1-15-9-11-17(12-10-15)31(28,29)25-19-8-6-5-7-18(19)22-20(25)13-16(14-21(22)26)30-23(27)24(2,3)4/h5-14,26H,1-4H3. The molecule has 0 aliphatic carbocycles. The molecule has 0 saturated carbocycles. The van der Waals surface area contributed by atoms with Gasteiger partial charge in [-0.1, -0.05) is 35.9 Å². The molecule has 0 amide bonds. The van der Waals surface area contributed by atoms with E-state index in [4.69, 9.17) is 4.74 Å². The molecule has 31 heavy (non-hydrogen) atoms. The Morgan fingerprint density at radius 1 is 0.968 bits per heavy atom. The molecule has 0 radical (unpaired) electrons. The minimum absolute atomic E-state index is 0.0769. The van der Waals surface area contributed by atoms with Gasteiger partial charge in [-0.25, -0.2) is 12.4 Å². The molecule has 4 aromatic rings. The average molecular weight is 438 g/mol. The lowest BCUT2D eigenvalue weighted by molar-refractivity contribution is -0.142. The van der Waals surface area contributed by atoms with Gasteiger partial charge in [0, 0.05) is 17.5 Å². The molecule has 0 fully saturated rings. The van der Waals surface area contributed by atoms with Crippen LogP contribution in [0.3, 0.4) is 0 Å². The second-order valence-corrected chi connectivity index (χ2v) is 10.4. The van der Waals surface area contributed by atoms with Crippen LogP contribution in [-0.2, 0) is 14.8 Å². The fourth-order valence-corrected chi connectivity index (χ4v) is 4.92. The maximum Gasteiger partial charge on any atom is 0.316 e. The first-order valence-electron chi connectivity index (χ1n) is 9.81. The van der Waals surface area contributed by atoms with Gasteiger partial charge in [-0.15, -0.1) is 0 Å². The highest BCUT2D eigenvalue weighted by Crippen LogP contribution is 2.40.